The monoisotopic (exact) mass is 593 g/mol. The van der Waals surface area contributed by atoms with Crippen molar-refractivity contribution in [3.63, 3.8) is 0 Å². The molecule has 0 N–H and O–H groups in total. The van der Waals surface area contributed by atoms with Crippen LogP contribution < -0.4 is 9.64 Å². The average molecular weight is 595 g/mol. The van der Waals surface area contributed by atoms with Crippen molar-refractivity contribution in [2.24, 2.45) is 4.99 Å². The molecular formula is C31H33Cl2N5O3. The van der Waals surface area contributed by atoms with Gasteiger partial charge < -0.3 is 19.4 Å². The summed E-state index contributed by atoms with van der Waals surface area (Å²) in [5.41, 5.74) is 3.53. The largest absolute Gasteiger partial charge is 0.493 e. The number of hydrogen-bond donors (Lipinski definition) is 0. The fraction of sp³-hybridized carbons (Fsp3) is 0.323. The van der Waals surface area contributed by atoms with Crippen LogP contribution in [0.25, 0.3) is 0 Å². The molecule has 3 aromatic rings. The number of urea groups is 1. The van der Waals surface area contributed by atoms with Gasteiger partial charge in [0.1, 0.15) is 17.6 Å². The molecular weight excluding hydrogens is 561 g/mol. The first-order valence-electron chi connectivity index (χ1n) is 13.6. The molecule has 3 amide bonds. The van der Waals surface area contributed by atoms with E-state index in [2.05, 4.69) is 0 Å². The summed E-state index contributed by atoms with van der Waals surface area (Å²) in [7, 11) is 3.94. The molecule has 8 nitrogen and oxygen atoms in total. The van der Waals surface area contributed by atoms with Gasteiger partial charge in [0, 0.05) is 62.1 Å². The van der Waals surface area contributed by atoms with Gasteiger partial charge in [0.2, 0.25) is 6.41 Å². The van der Waals surface area contributed by atoms with Crippen molar-refractivity contribution in [1.82, 2.24) is 14.7 Å². The standard InChI is InChI=1S/C31H33Cl2N5O3/c1-4-41-27-19-25(35(2)3)13-14-26(27)30-34-28(21-5-9-23(32)10-6-21)29(22-7-11-24(33)12-8-22)38(30)31(40)37-17-15-36(20-39)16-18-37/h5-14,19-20,28-29H,4,15-18H2,1-3H3. The number of anilines is 1. The van der Waals surface area contributed by atoms with Gasteiger partial charge in [-0.2, -0.15) is 0 Å². The normalized spacial score (nSPS) is 18.8. The summed E-state index contributed by atoms with van der Waals surface area (Å²) in [6.07, 6.45) is 0.832. The van der Waals surface area contributed by atoms with Gasteiger partial charge in [0.05, 0.1) is 18.2 Å². The van der Waals surface area contributed by atoms with Crippen LogP contribution in [0.5, 0.6) is 5.75 Å². The van der Waals surface area contributed by atoms with Crippen molar-refractivity contribution < 1.29 is 14.3 Å². The van der Waals surface area contributed by atoms with Crippen molar-refractivity contribution in [1.29, 1.82) is 0 Å². The van der Waals surface area contributed by atoms with Crippen LogP contribution in [-0.2, 0) is 4.79 Å². The smallest absolute Gasteiger partial charge is 0.326 e. The molecule has 2 unspecified atom stereocenters. The molecule has 41 heavy (non-hydrogen) atoms. The first-order valence-corrected chi connectivity index (χ1v) is 14.4. The molecule has 10 heteroatoms. The first-order chi connectivity index (χ1) is 19.8. The Bertz CT molecular complexity index is 1420. The maximum atomic E-state index is 14.5. The second-order valence-corrected chi connectivity index (χ2v) is 11.1. The van der Waals surface area contributed by atoms with Crippen LogP contribution >= 0.6 is 23.2 Å². The molecule has 2 aliphatic rings. The Labute approximate surface area is 250 Å². The van der Waals surface area contributed by atoms with Gasteiger partial charge in [-0.25, -0.2) is 4.79 Å². The Morgan fingerprint density at radius 3 is 2.12 bits per heavy atom. The highest BCUT2D eigenvalue weighted by molar-refractivity contribution is 6.30. The highest BCUT2D eigenvalue weighted by atomic mass is 35.5. The number of halogens is 2. The number of carbonyl (C=O) groups excluding carboxylic acids is 2. The van der Waals surface area contributed by atoms with Crippen LogP contribution in [0.15, 0.2) is 71.7 Å². The Morgan fingerprint density at radius 2 is 1.56 bits per heavy atom. The summed E-state index contributed by atoms with van der Waals surface area (Å²) < 4.78 is 6.12. The van der Waals surface area contributed by atoms with Crippen molar-refractivity contribution in [3.8, 4) is 5.75 Å². The molecule has 0 radical (unpaired) electrons. The molecule has 2 heterocycles. The number of aliphatic imine (C=N–C) groups is 1. The Morgan fingerprint density at radius 1 is 0.951 bits per heavy atom. The van der Waals surface area contributed by atoms with E-state index in [-0.39, 0.29) is 6.03 Å². The van der Waals surface area contributed by atoms with Gasteiger partial charge in [-0.15, -0.1) is 0 Å². The summed E-state index contributed by atoms with van der Waals surface area (Å²) in [6, 6.07) is 20.0. The minimum absolute atomic E-state index is 0.176. The molecule has 0 bridgehead atoms. The van der Waals surface area contributed by atoms with E-state index >= 15 is 0 Å². The number of benzene rings is 3. The summed E-state index contributed by atoms with van der Waals surface area (Å²) in [6.45, 7) is 4.20. The van der Waals surface area contributed by atoms with Crippen LogP contribution in [-0.4, -0.2) is 79.9 Å². The van der Waals surface area contributed by atoms with E-state index in [0.717, 1.165) is 28.8 Å². The first kappa shape index (κ1) is 28.8. The molecule has 214 valence electrons. The lowest BCUT2D eigenvalue weighted by Gasteiger charge is -2.38. The second-order valence-electron chi connectivity index (χ2n) is 10.2. The number of amidine groups is 1. The van der Waals surface area contributed by atoms with Gasteiger partial charge in [-0.3, -0.25) is 14.7 Å². The summed E-state index contributed by atoms with van der Waals surface area (Å²) >= 11 is 12.5. The second kappa shape index (κ2) is 12.4. The third-order valence-corrected chi connectivity index (χ3v) is 7.96. The molecule has 3 aromatic carbocycles. The lowest BCUT2D eigenvalue weighted by Crippen LogP contribution is -2.53. The number of carbonyl (C=O) groups is 2. The molecule has 2 aliphatic heterocycles. The Hall–Kier alpha value is -3.75. The van der Waals surface area contributed by atoms with Crippen molar-refractivity contribution in [3.05, 3.63) is 93.5 Å². The van der Waals surface area contributed by atoms with E-state index in [9.17, 15) is 9.59 Å². The fourth-order valence-corrected chi connectivity index (χ4v) is 5.53. The predicted molar refractivity (Wildman–Crippen MR) is 163 cm³/mol. The summed E-state index contributed by atoms with van der Waals surface area (Å²) in [5, 5.41) is 1.23. The zero-order valence-electron chi connectivity index (χ0n) is 23.3. The van der Waals surface area contributed by atoms with Crippen molar-refractivity contribution in [2.75, 3.05) is 51.8 Å². The lowest BCUT2D eigenvalue weighted by molar-refractivity contribution is -0.119. The molecule has 0 aromatic heterocycles. The van der Waals surface area contributed by atoms with E-state index in [4.69, 9.17) is 32.9 Å². The number of rotatable bonds is 7. The third kappa shape index (κ3) is 5.99. The molecule has 5 rings (SSSR count). The van der Waals surface area contributed by atoms with Gasteiger partial charge in [0.15, 0.2) is 0 Å². The minimum atomic E-state index is -0.456. The topological polar surface area (TPSA) is 68.7 Å². The zero-order valence-corrected chi connectivity index (χ0v) is 24.8. The Balaban J connectivity index is 1.67. The van der Waals surface area contributed by atoms with Crippen LogP contribution in [0.1, 0.15) is 35.7 Å². The van der Waals surface area contributed by atoms with Crippen LogP contribution in [0, 0.1) is 0 Å². The number of hydrogen-bond acceptors (Lipinski definition) is 5. The SMILES string of the molecule is CCOc1cc(N(C)C)ccc1C1=NC(c2ccc(Cl)cc2)C(c2ccc(Cl)cc2)N1C(=O)N1CCN(C=O)CC1. The molecule has 2 atom stereocenters. The molecule has 0 aliphatic carbocycles. The van der Waals surface area contributed by atoms with E-state index in [1.165, 1.54) is 0 Å². The van der Waals surface area contributed by atoms with E-state index in [1.807, 2.05) is 92.6 Å². The predicted octanol–water partition coefficient (Wildman–Crippen LogP) is 5.90. The van der Waals surface area contributed by atoms with Crippen LogP contribution in [0.3, 0.4) is 0 Å². The third-order valence-electron chi connectivity index (χ3n) is 7.45. The maximum absolute atomic E-state index is 14.5. The fourth-order valence-electron chi connectivity index (χ4n) is 5.27. The highest BCUT2D eigenvalue weighted by Crippen LogP contribution is 2.45. The molecule has 0 saturated carbocycles. The zero-order chi connectivity index (χ0) is 29.1. The average Bonchev–Trinajstić information content (AvgIpc) is 3.38. The van der Waals surface area contributed by atoms with E-state index in [1.54, 1.807) is 14.7 Å². The summed E-state index contributed by atoms with van der Waals surface area (Å²) in [5.74, 6) is 1.18. The van der Waals surface area contributed by atoms with Gasteiger partial charge in [0.25, 0.3) is 0 Å². The number of nitrogens with zero attached hydrogens (tertiary/aromatic N) is 5. The van der Waals surface area contributed by atoms with Gasteiger partial charge in [-0.1, -0.05) is 47.5 Å². The minimum Gasteiger partial charge on any atom is -0.493 e. The molecule has 1 saturated heterocycles. The van der Waals surface area contributed by atoms with Crippen molar-refractivity contribution in [2.45, 2.75) is 19.0 Å². The Kier molecular flexibility index (Phi) is 8.71. The summed E-state index contributed by atoms with van der Waals surface area (Å²) in [4.78, 5) is 38.3. The molecule has 1 fully saturated rings. The molecule has 0 spiro atoms. The van der Waals surface area contributed by atoms with E-state index in [0.29, 0.717) is 54.4 Å². The number of piperazine rings is 1. The van der Waals surface area contributed by atoms with Gasteiger partial charge in [-0.05, 0) is 54.4 Å². The van der Waals surface area contributed by atoms with Gasteiger partial charge >= 0.3 is 6.03 Å². The lowest BCUT2D eigenvalue weighted by atomic mass is 9.93. The number of amides is 3. The van der Waals surface area contributed by atoms with Crippen LogP contribution in [0.4, 0.5) is 10.5 Å². The highest BCUT2D eigenvalue weighted by Gasteiger charge is 2.45. The number of ether oxygens (including phenoxy) is 1. The quantitative estimate of drug-likeness (QED) is 0.320. The maximum Gasteiger partial charge on any atom is 0.326 e. The van der Waals surface area contributed by atoms with Crippen molar-refractivity contribution >= 4 is 47.2 Å². The van der Waals surface area contributed by atoms with Crippen LogP contribution in [0.2, 0.25) is 10.0 Å². The van der Waals surface area contributed by atoms with E-state index < -0.39 is 12.1 Å².